The van der Waals surface area contributed by atoms with E-state index < -0.39 is 0 Å². The number of aliphatic hydroxyl groups excluding tert-OH is 1. The summed E-state index contributed by atoms with van der Waals surface area (Å²) in [7, 11) is 1.47. The van der Waals surface area contributed by atoms with Crippen LogP contribution in [0, 0.1) is 5.92 Å². The molecule has 1 aromatic rings. The number of hydrogen-bond acceptors (Lipinski definition) is 8. The third-order valence-corrected chi connectivity index (χ3v) is 2.16. The van der Waals surface area contributed by atoms with Crippen molar-refractivity contribution in [2.24, 2.45) is 11.8 Å². The minimum atomic E-state index is 0.166. The van der Waals surface area contributed by atoms with Crippen molar-refractivity contribution in [2.75, 3.05) is 31.0 Å². The quantitative estimate of drug-likeness (QED) is 0.376. The molecule has 0 aliphatic heterocycles. The molecule has 0 aliphatic carbocycles. The maximum atomic E-state index is 8.78. The number of anilines is 2. The molecule has 0 fully saturated rings. The molecule has 0 aliphatic rings. The lowest BCUT2D eigenvalue weighted by molar-refractivity contribution is 0.265. The molecule has 1 heterocycles. The molecular weight excluding hydrogens is 224 g/mol. The van der Waals surface area contributed by atoms with Crippen molar-refractivity contribution < 1.29 is 9.84 Å². The molecule has 0 radical (unpaired) electrons. The minimum absolute atomic E-state index is 0.166. The molecule has 1 aromatic heterocycles. The van der Waals surface area contributed by atoms with Crippen LogP contribution in [0.4, 0.5) is 11.9 Å². The second-order valence-corrected chi connectivity index (χ2v) is 3.61. The van der Waals surface area contributed by atoms with Crippen LogP contribution in [0.15, 0.2) is 0 Å². The van der Waals surface area contributed by atoms with E-state index in [4.69, 9.17) is 15.7 Å². The van der Waals surface area contributed by atoms with Crippen LogP contribution in [0.5, 0.6) is 6.01 Å². The van der Waals surface area contributed by atoms with Crippen molar-refractivity contribution in [1.29, 1.82) is 0 Å². The number of aliphatic hydroxyl groups is 1. The molecule has 0 saturated heterocycles. The van der Waals surface area contributed by atoms with E-state index in [0.29, 0.717) is 18.4 Å². The lowest BCUT2D eigenvalue weighted by Gasteiger charge is -2.11. The molecule has 1 rings (SSSR count). The van der Waals surface area contributed by atoms with Gasteiger partial charge in [-0.15, -0.1) is 0 Å². The number of methoxy groups -OCH3 is 1. The van der Waals surface area contributed by atoms with Crippen molar-refractivity contribution in [2.45, 2.75) is 13.3 Å². The molecule has 0 bridgehead atoms. The highest BCUT2D eigenvalue weighted by atomic mass is 16.5. The van der Waals surface area contributed by atoms with Gasteiger partial charge in [-0.1, -0.05) is 6.92 Å². The first kappa shape index (κ1) is 13.4. The van der Waals surface area contributed by atoms with Gasteiger partial charge in [0, 0.05) is 13.2 Å². The van der Waals surface area contributed by atoms with E-state index in [1.165, 1.54) is 7.11 Å². The van der Waals surface area contributed by atoms with E-state index in [1.54, 1.807) is 0 Å². The average molecular weight is 242 g/mol. The molecule has 0 amide bonds. The summed E-state index contributed by atoms with van der Waals surface area (Å²) in [6.07, 6.45) is 0.719. The third kappa shape index (κ3) is 4.37. The Morgan fingerprint density at radius 2 is 2.06 bits per heavy atom. The third-order valence-electron chi connectivity index (χ3n) is 2.16. The van der Waals surface area contributed by atoms with Crippen molar-refractivity contribution >= 4 is 11.9 Å². The predicted octanol–water partition coefficient (Wildman–Crippen LogP) is -0.404. The Bertz CT molecular complexity index is 326. The minimum Gasteiger partial charge on any atom is -0.467 e. The second-order valence-electron chi connectivity index (χ2n) is 3.61. The topological polar surface area (TPSA) is 118 Å². The first-order valence-electron chi connectivity index (χ1n) is 5.31. The summed E-state index contributed by atoms with van der Waals surface area (Å²) in [5.74, 6) is 6.16. The van der Waals surface area contributed by atoms with Gasteiger partial charge in [0.25, 0.3) is 0 Å². The van der Waals surface area contributed by atoms with Crippen LogP contribution < -0.4 is 21.3 Å². The van der Waals surface area contributed by atoms with E-state index in [2.05, 4.69) is 25.7 Å². The summed E-state index contributed by atoms with van der Waals surface area (Å²) >= 11 is 0. The predicted molar refractivity (Wildman–Crippen MR) is 63.5 cm³/mol. The monoisotopic (exact) mass is 242 g/mol. The highest BCUT2D eigenvalue weighted by molar-refractivity contribution is 5.34. The lowest BCUT2D eigenvalue weighted by Crippen LogP contribution is -2.17. The van der Waals surface area contributed by atoms with Crippen LogP contribution in [0.3, 0.4) is 0 Å². The number of ether oxygens (including phenoxy) is 1. The Kier molecular flexibility index (Phi) is 5.37. The molecule has 0 spiro atoms. The zero-order chi connectivity index (χ0) is 12.7. The Balaban J connectivity index is 2.63. The SMILES string of the molecule is COc1nc(NN)nc(NCC(C)CCO)n1. The van der Waals surface area contributed by atoms with Gasteiger partial charge in [0.15, 0.2) is 0 Å². The molecule has 17 heavy (non-hydrogen) atoms. The summed E-state index contributed by atoms with van der Waals surface area (Å²) < 4.78 is 4.91. The number of hydrazine groups is 1. The highest BCUT2D eigenvalue weighted by Gasteiger charge is 2.07. The van der Waals surface area contributed by atoms with Crippen LogP contribution in [0.1, 0.15) is 13.3 Å². The number of nitrogens with zero attached hydrogens (tertiary/aromatic N) is 3. The lowest BCUT2D eigenvalue weighted by atomic mass is 10.1. The standard InChI is InChI=1S/C9H18N6O2/c1-6(3-4-16)5-11-7-12-8(15-10)14-9(13-7)17-2/h6,16H,3-5,10H2,1-2H3,(H2,11,12,13,14,15). The van der Waals surface area contributed by atoms with E-state index >= 15 is 0 Å². The maximum absolute atomic E-state index is 8.78. The van der Waals surface area contributed by atoms with Crippen molar-refractivity contribution in [3.63, 3.8) is 0 Å². The number of hydrogen-bond donors (Lipinski definition) is 4. The van der Waals surface area contributed by atoms with Gasteiger partial charge in [0.2, 0.25) is 11.9 Å². The van der Waals surface area contributed by atoms with Gasteiger partial charge >= 0.3 is 6.01 Å². The van der Waals surface area contributed by atoms with E-state index in [0.717, 1.165) is 6.42 Å². The number of aromatic nitrogens is 3. The summed E-state index contributed by atoms with van der Waals surface area (Å²) in [5.41, 5.74) is 2.33. The van der Waals surface area contributed by atoms with Gasteiger partial charge in [-0.05, 0) is 12.3 Å². The zero-order valence-electron chi connectivity index (χ0n) is 9.97. The summed E-state index contributed by atoms with van der Waals surface area (Å²) in [5, 5.41) is 11.8. The van der Waals surface area contributed by atoms with Gasteiger partial charge in [0.1, 0.15) is 0 Å². The fourth-order valence-corrected chi connectivity index (χ4v) is 1.18. The molecule has 5 N–H and O–H groups in total. The van der Waals surface area contributed by atoms with Crippen LogP contribution in [-0.4, -0.2) is 40.3 Å². The summed E-state index contributed by atoms with van der Waals surface area (Å²) in [6, 6.07) is 0.185. The molecule has 1 atom stereocenters. The Morgan fingerprint density at radius 1 is 1.35 bits per heavy atom. The van der Waals surface area contributed by atoms with Crippen molar-refractivity contribution in [3.05, 3.63) is 0 Å². The van der Waals surface area contributed by atoms with Crippen molar-refractivity contribution in [1.82, 2.24) is 15.0 Å². The number of rotatable bonds is 7. The molecule has 1 unspecified atom stereocenters. The smallest absolute Gasteiger partial charge is 0.322 e. The van der Waals surface area contributed by atoms with E-state index in [-0.39, 0.29) is 18.6 Å². The Hall–Kier alpha value is -1.67. The van der Waals surface area contributed by atoms with E-state index in [9.17, 15) is 0 Å². The Labute approximate surface area is 99.6 Å². The summed E-state index contributed by atoms with van der Waals surface area (Å²) in [4.78, 5) is 11.9. The van der Waals surface area contributed by atoms with Gasteiger partial charge in [-0.3, -0.25) is 5.43 Å². The molecule has 8 nitrogen and oxygen atoms in total. The van der Waals surface area contributed by atoms with Crippen LogP contribution in [-0.2, 0) is 0 Å². The van der Waals surface area contributed by atoms with Gasteiger partial charge in [-0.2, -0.15) is 15.0 Å². The van der Waals surface area contributed by atoms with Crippen LogP contribution in [0.25, 0.3) is 0 Å². The molecule has 8 heteroatoms. The first-order valence-corrected chi connectivity index (χ1v) is 5.31. The normalized spacial score (nSPS) is 12.0. The van der Waals surface area contributed by atoms with Gasteiger partial charge < -0.3 is 15.2 Å². The molecule has 0 aromatic carbocycles. The first-order chi connectivity index (χ1) is 8.19. The largest absolute Gasteiger partial charge is 0.467 e. The molecular formula is C9H18N6O2. The highest BCUT2D eigenvalue weighted by Crippen LogP contribution is 2.10. The fourth-order valence-electron chi connectivity index (χ4n) is 1.18. The molecule has 0 saturated carbocycles. The van der Waals surface area contributed by atoms with Crippen molar-refractivity contribution in [3.8, 4) is 6.01 Å². The average Bonchev–Trinajstić information content (AvgIpc) is 2.36. The van der Waals surface area contributed by atoms with Gasteiger partial charge in [-0.25, -0.2) is 5.84 Å². The maximum Gasteiger partial charge on any atom is 0.322 e. The number of nitrogen functional groups attached to an aromatic ring is 1. The molecule has 96 valence electrons. The van der Waals surface area contributed by atoms with Crippen LogP contribution >= 0.6 is 0 Å². The number of nitrogens with two attached hydrogens (primary N) is 1. The van der Waals surface area contributed by atoms with E-state index in [1.807, 2.05) is 6.92 Å². The number of nitrogens with one attached hydrogen (secondary N) is 2. The fraction of sp³-hybridized carbons (Fsp3) is 0.667. The van der Waals surface area contributed by atoms with Crippen LogP contribution in [0.2, 0.25) is 0 Å². The summed E-state index contributed by atoms with van der Waals surface area (Å²) in [6.45, 7) is 2.83. The zero-order valence-corrected chi connectivity index (χ0v) is 9.97. The second kappa shape index (κ2) is 6.81. The van der Waals surface area contributed by atoms with Gasteiger partial charge in [0.05, 0.1) is 7.11 Å². The Morgan fingerprint density at radius 3 is 2.65 bits per heavy atom.